The molecule has 0 unspecified atom stereocenters. The Hall–Kier alpha value is -0.640. The summed E-state index contributed by atoms with van der Waals surface area (Å²) < 4.78 is 0.433. The molecule has 0 aromatic heterocycles. The predicted octanol–water partition coefficient (Wildman–Crippen LogP) is 0.312. The van der Waals surface area contributed by atoms with Crippen LogP contribution < -0.4 is 5.32 Å². The molecule has 4 heteroatoms. The quantitative estimate of drug-likeness (QED) is 0.558. The van der Waals surface area contributed by atoms with Crippen molar-refractivity contribution >= 4 is 27.6 Å². The summed E-state index contributed by atoms with van der Waals surface area (Å²) in [7, 11) is 0. The first-order valence-corrected chi connectivity index (χ1v) is 3.17. The minimum Gasteiger partial charge on any atom is -0.331 e. The molecule has 48 valence electrons. The van der Waals surface area contributed by atoms with Crippen molar-refractivity contribution in [2.45, 2.75) is 6.42 Å². The van der Waals surface area contributed by atoms with Crippen LogP contribution in [0.25, 0.3) is 0 Å². The van der Waals surface area contributed by atoms with Gasteiger partial charge in [0, 0.05) is 6.20 Å². The molecule has 1 aliphatic rings. The highest BCUT2D eigenvalue weighted by atomic mass is 79.9. The zero-order valence-corrected chi connectivity index (χ0v) is 6.06. The maximum atomic E-state index is 10.6. The van der Waals surface area contributed by atoms with Gasteiger partial charge in [-0.15, -0.1) is 0 Å². The fraction of sp³-hybridized carbons (Fsp3) is 0.200. The van der Waals surface area contributed by atoms with Gasteiger partial charge in [0.25, 0.3) is 0 Å². The largest absolute Gasteiger partial charge is 0.331 e. The van der Waals surface area contributed by atoms with Gasteiger partial charge in [-0.1, -0.05) is 0 Å². The summed E-state index contributed by atoms with van der Waals surface area (Å²) in [4.78, 5) is 21.1. The molecule has 0 atom stereocenters. The minimum atomic E-state index is -0.247. The third kappa shape index (κ3) is 1.38. The number of carbonyl (C=O) groups excluding carboxylic acids is 2. The Morgan fingerprint density at radius 1 is 1.56 bits per heavy atom. The molecule has 1 amide bonds. The third-order valence-electron chi connectivity index (χ3n) is 0.947. The van der Waals surface area contributed by atoms with E-state index in [1.54, 1.807) is 0 Å². The first-order chi connectivity index (χ1) is 4.20. The summed E-state index contributed by atoms with van der Waals surface area (Å²) in [6.45, 7) is 0. The molecule has 1 heterocycles. The summed E-state index contributed by atoms with van der Waals surface area (Å²) in [5, 5.41) is 2.39. The van der Waals surface area contributed by atoms with Crippen LogP contribution in [0, 0.1) is 0 Å². The molecule has 1 N–H and O–H groups in total. The molecule has 3 nitrogen and oxygen atoms in total. The summed E-state index contributed by atoms with van der Waals surface area (Å²) in [6.07, 6.45) is 1.31. The number of nitrogens with one attached hydrogen (secondary N) is 1. The second kappa shape index (κ2) is 2.31. The highest BCUT2D eigenvalue weighted by Gasteiger charge is 2.15. The number of carbonyl (C=O) groups is 2. The second-order valence-corrected chi connectivity index (χ2v) is 2.51. The number of Topliss-reactive ketones (excluding diaryl/α,β-unsaturated/α-hetero) is 1. The number of amides is 1. The van der Waals surface area contributed by atoms with Gasteiger partial charge in [0.15, 0.2) is 5.78 Å². The van der Waals surface area contributed by atoms with E-state index in [0.717, 1.165) is 0 Å². The molecular formula is C5H4BrNO2. The third-order valence-corrected chi connectivity index (χ3v) is 1.62. The standard InChI is InChI=1S/C5H4BrNO2/c6-3-2-7-5(9)1-4(3)8/h2H,1H2,(H,7,9). The van der Waals surface area contributed by atoms with E-state index in [-0.39, 0.29) is 18.1 Å². The van der Waals surface area contributed by atoms with E-state index in [4.69, 9.17) is 0 Å². The predicted molar refractivity (Wildman–Crippen MR) is 34.8 cm³/mol. The molecule has 0 fully saturated rings. The first-order valence-electron chi connectivity index (χ1n) is 2.38. The summed E-state index contributed by atoms with van der Waals surface area (Å²) in [5.41, 5.74) is 0. The number of allylic oxidation sites excluding steroid dienone is 1. The summed E-state index contributed by atoms with van der Waals surface area (Å²) >= 11 is 2.98. The lowest BCUT2D eigenvalue weighted by atomic mass is 10.2. The molecular weight excluding hydrogens is 186 g/mol. The monoisotopic (exact) mass is 189 g/mol. The van der Waals surface area contributed by atoms with Crippen LogP contribution in [0.2, 0.25) is 0 Å². The summed E-state index contributed by atoms with van der Waals surface area (Å²) in [6, 6.07) is 0. The van der Waals surface area contributed by atoms with Crippen molar-refractivity contribution in [3.63, 3.8) is 0 Å². The van der Waals surface area contributed by atoms with Crippen molar-refractivity contribution in [2.75, 3.05) is 0 Å². The van der Waals surface area contributed by atoms with Crippen LogP contribution in [0.3, 0.4) is 0 Å². The van der Waals surface area contributed by atoms with Crippen LogP contribution in [-0.4, -0.2) is 11.7 Å². The van der Waals surface area contributed by atoms with Crippen LogP contribution in [0.15, 0.2) is 10.7 Å². The maximum absolute atomic E-state index is 10.6. The van der Waals surface area contributed by atoms with E-state index in [0.29, 0.717) is 4.48 Å². The Kier molecular flexibility index (Phi) is 1.66. The molecule has 0 bridgehead atoms. The molecule has 0 aromatic carbocycles. The smallest absolute Gasteiger partial charge is 0.231 e. The van der Waals surface area contributed by atoms with Gasteiger partial charge in [-0.05, 0) is 15.9 Å². The molecule has 0 aliphatic carbocycles. The number of hydrogen-bond donors (Lipinski definition) is 1. The fourth-order valence-corrected chi connectivity index (χ4v) is 0.760. The van der Waals surface area contributed by atoms with Gasteiger partial charge < -0.3 is 5.32 Å². The second-order valence-electron chi connectivity index (χ2n) is 1.66. The van der Waals surface area contributed by atoms with Gasteiger partial charge in [-0.25, -0.2) is 0 Å². The zero-order valence-electron chi connectivity index (χ0n) is 4.48. The van der Waals surface area contributed by atoms with Gasteiger partial charge in [0.2, 0.25) is 5.91 Å². The molecule has 0 saturated carbocycles. The molecule has 1 rings (SSSR count). The average molecular weight is 190 g/mol. The van der Waals surface area contributed by atoms with Gasteiger partial charge in [-0.2, -0.15) is 0 Å². The first kappa shape index (κ1) is 6.48. The van der Waals surface area contributed by atoms with Crippen LogP contribution in [0.4, 0.5) is 0 Å². The molecule has 9 heavy (non-hydrogen) atoms. The van der Waals surface area contributed by atoms with Crippen molar-refractivity contribution in [1.82, 2.24) is 5.32 Å². The lowest BCUT2D eigenvalue weighted by molar-refractivity contribution is -0.126. The molecule has 0 spiro atoms. The van der Waals surface area contributed by atoms with Crippen molar-refractivity contribution in [3.05, 3.63) is 10.7 Å². The average Bonchev–Trinajstić information content (AvgIpc) is 1.80. The van der Waals surface area contributed by atoms with E-state index in [1.807, 2.05) is 0 Å². The molecule has 0 aromatic rings. The SMILES string of the molecule is O=C1CC(=O)C(Br)=CN1. The lowest BCUT2D eigenvalue weighted by Gasteiger charge is -2.05. The van der Waals surface area contributed by atoms with E-state index in [1.165, 1.54) is 6.20 Å². The topological polar surface area (TPSA) is 46.2 Å². The highest BCUT2D eigenvalue weighted by molar-refractivity contribution is 9.12. The van der Waals surface area contributed by atoms with E-state index >= 15 is 0 Å². The van der Waals surface area contributed by atoms with Crippen LogP contribution in [-0.2, 0) is 9.59 Å². The van der Waals surface area contributed by atoms with Crippen LogP contribution in [0.5, 0.6) is 0 Å². The molecule has 0 radical (unpaired) electrons. The van der Waals surface area contributed by atoms with Crippen LogP contribution in [0.1, 0.15) is 6.42 Å². The minimum absolute atomic E-state index is 0.0446. The molecule has 1 aliphatic heterocycles. The Balaban J connectivity index is 2.79. The number of ketones is 1. The number of rotatable bonds is 0. The van der Waals surface area contributed by atoms with Crippen molar-refractivity contribution in [1.29, 1.82) is 0 Å². The maximum Gasteiger partial charge on any atom is 0.231 e. The van der Waals surface area contributed by atoms with Crippen molar-refractivity contribution < 1.29 is 9.59 Å². The van der Waals surface area contributed by atoms with Crippen LogP contribution >= 0.6 is 15.9 Å². The van der Waals surface area contributed by atoms with Gasteiger partial charge in [0.1, 0.15) is 0 Å². The van der Waals surface area contributed by atoms with Gasteiger partial charge in [-0.3, -0.25) is 9.59 Å². The number of halogens is 1. The fourth-order valence-electron chi connectivity index (χ4n) is 0.506. The Bertz CT molecular complexity index is 197. The lowest BCUT2D eigenvalue weighted by Crippen LogP contribution is -2.26. The van der Waals surface area contributed by atoms with E-state index < -0.39 is 0 Å². The summed E-state index contributed by atoms with van der Waals surface area (Å²) in [5.74, 6) is -0.415. The Morgan fingerprint density at radius 3 is 2.67 bits per heavy atom. The van der Waals surface area contributed by atoms with Gasteiger partial charge >= 0.3 is 0 Å². The zero-order chi connectivity index (χ0) is 6.85. The highest BCUT2D eigenvalue weighted by Crippen LogP contribution is 2.10. The van der Waals surface area contributed by atoms with Gasteiger partial charge in [0.05, 0.1) is 10.9 Å². The van der Waals surface area contributed by atoms with Crippen molar-refractivity contribution in [2.24, 2.45) is 0 Å². The number of hydrogen-bond acceptors (Lipinski definition) is 2. The Morgan fingerprint density at radius 2 is 2.22 bits per heavy atom. The van der Waals surface area contributed by atoms with E-state index in [9.17, 15) is 9.59 Å². The van der Waals surface area contributed by atoms with E-state index in [2.05, 4.69) is 21.2 Å². The Labute approximate surface area is 60.2 Å². The molecule has 0 saturated heterocycles. The normalized spacial score (nSPS) is 19.0. The van der Waals surface area contributed by atoms with Crippen molar-refractivity contribution in [3.8, 4) is 0 Å².